The zero-order valence-corrected chi connectivity index (χ0v) is 6.97. The van der Waals surface area contributed by atoms with Crippen molar-refractivity contribution in [1.29, 1.82) is 0 Å². The van der Waals surface area contributed by atoms with Gasteiger partial charge in [0.15, 0.2) is 0 Å². The van der Waals surface area contributed by atoms with Gasteiger partial charge in [-0.3, -0.25) is 4.79 Å². The van der Waals surface area contributed by atoms with Crippen LogP contribution in [0.4, 0.5) is 0 Å². The van der Waals surface area contributed by atoms with Gasteiger partial charge >= 0.3 is 0 Å². The Labute approximate surface area is 67.7 Å². The van der Waals surface area contributed by atoms with Gasteiger partial charge in [0, 0.05) is 6.54 Å². The van der Waals surface area contributed by atoms with Crippen molar-refractivity contribution in [1.82, 2.24) is 5.32 Å². The van der Waals surface area contributed by atoms with E-state index in [-0.39, 0.29) is 5.91 Å². The zero-order valence-electron chi connectivity index (χ0n) is 6.97. The molecule has 0 aromatic heterocycles. The molecule has 0 spiro atoms. The second kappa shape index (κ2) is 4.16. The van der Waals surface area contributed by atoms with Crippen LogP contribution >= 0.6 is 0 Å². The first-order valence-corrected chi connectivity index (χ1v) is 4.27. The van der Waals surface area contributed by atoms with Crippen LogP contribution in [-0.2, 0) is 4.79 Å². The molecule has 0 atom stereocenters. The van der Waals surface area contributed by atoms with Crippen molar-refractivity contribution in [2.24, 2.45) is 5.92 Å². The molecule has 1 N–H and O–H groups in total. The van der Waals surface area contributed by atoms with Crippen molar-refractivity contribution >= 4 is 5.91 Å². The van der Waals surface area contributed by atoms with E-state index in [9.17, 15) is 4.79 Å². The molecule has 1 fully saturated rings. The number of amides is 1. The maximum Gasteiger partial charge on any atom is 0.243 e. The molecule has 0 heterocycles. The van der Waals surface area contributed by atoms with Crippen LogP contribution in [0.2, 0.25) is 0 Å². The number of rotatable bonds is 4. The average Bonchev–Trinajstić information content (AvgIpc) is 2.80. The Balaban J connectivity index is 2.04. The van der Waals surface area contributed by atoms with Gasteiger partial charge in [-0.2, -0.15) is 0 Å². The summed E-state index contributed by atoms with van der Waals surface area (Å²) in [6.07, 6.45) is 7.00. The van der Waals surface area contributed by atoms with E-state index in [2.05, 4.69) is 5.32 Å². The van der Waals surface area contributed by atoms with E-state index in [0.29, 0.717) is 0 Å². The van der Waals surface area contributed by atoms with E-state index in [0.717, 1.165) is 18.9 Å². The lowest BCUT2D eigenvalue weighted by Crippen LogP contribution is -2.23. The Morgan fingerprint density at radius 2 is 2.36 bits per heavy atom. The van der Waals surface area contributed by atoms with Crippen LogP contribution in [0.25, 0.3) is 0 Å². The average molecular weight is 153 g/mol. The number of nitrogens with one attached hydrogen (secondary N) is 1. The summed E-state index contributed by atoms with van der Waals surface area (Å²) in [6.45, 7) is 2.89. The van der Waals surface area contributed by atoms with Crippen molar-refractivity contribution in [3.05, 3.63) is 12.2 Å². The summed E-state index contributed by atoms with van der Waals surface area (Å²) in [5, 5.41) is 2.85. The van der Waals surface area contributed by atoms with Gasteiger partial charge in [-0.1, -0.05) is 13.0 Å². The van der Waals surface area contributed by atoms with Crippen LogP contribution in [0.3, 0.4) is 0 Å². The summed E-state index contributed by atoms with van der Waals surface area (Å²) < 4.78 is 0. The van der Waals surface area contributed by atoms with Crippen molar-refractivity contribution in [3.63, 3.8) is 0 Å². The van der Waals surface area contributed by atoms with E-state index >= 15 is 0 Å². The Morgan fingerprint density at radius 3 is 2.91 bits per heavy atom. The lowest BCUT2D eigenvalue weighted by atomic mass is 10.4. The van der Waals surface area contributed by atoms with Crippen LogP contribution < -0.4 is 5.32 Å². The van der Waals surface area contributed by atoms with Crippen molar-refractivity contribution < 1.29 is 4.79 Å². The topological polar surface area (TPSA) is 29.1 Å². The van der Waals surface area contributed by atoms with Crippen LogP contribution in [-0.4, -0.2) is 12.5 Å². The van der Waals surface area contributed by atoms with Gasteiger partial charge in [0.2, 0.25) is 5.91 Å². The van der Waals surface area contributed by atoms with E-state index in [1.807, 2.05) is 13.0 Å². The monoisotopic (exact) mass is 153 g/mol. The molecule has 0 aromatic carbocycles. The van der Waals surface area contributed by atoms with Gasteiger partial charge < -0.3 is 5.32 Å². The fourth-order valence-electron chi connectivity index (χ4n) is 0.851. The highest BCUT2D eigenvalue weighted by Gasteiger charge is 2.20. The van der Waals surface area contributed by atoms with E-state index in [1.54, 1.807) is 6.08 Å². The summed E-state index contributed by atoms with van der Waals surface area (Å²) in [5.41, 5.74) is 0. The molecule has 0 aromatic rings. The second-order valence-electron chi connectivity index (χ2n) is 3.00. The van der Waals surface area contributed by atoms with Crippen molar-refractivity contribution in [2.45, 2.75) is 26.2 Å². The largest absolute Gasteiger partial charge is 0.352 e. The Bertz CT molecular complexity index is 159. The normalized spacial score (nSPS) is 17.2. The second-order valence-corrected chi connectivity index (χ2v) is 3.00. The molecule has 1 amide bonds. The smallest absolute Gasteiger partial charge is 0.243 e. The summed E-state index contributed by atoms with van der Waals surface area (Å²) >= 11 is 0. The van der Waals surface area contributed by atoms with E-state index in [1.165, 1.54) is 12.8 Å². The number of allylic oxidation sites excluding steroid dienone is 1. The standard InChI is InChI=1S/C9H15NO/c1-2-3-4-9(11)10-7-8-5-6-8/h3-4,8H,2,5-7H2,1H3,(H,10,11)/b4-3+. The molecule has 0 bridgehead atoms. The van der Waals surface area contributed by atoms with Crippen molar-refractivity contribution in [2.75, 3.05) is 6.54 Å². The summed E-state index contributed by atoms with van der Waals surface area (Å²) in [4.78, 5) is 10.9. The third-order valence-electron chi connectivity index (χ3n) is 1.77. The van der Waals surface area contributed by atoms with Gasteiger partial charge in [0.25, 0.3) is 0 Å². The molecule has 0 aliphatic heterocycles. The number of hydrogen-bond acceptors (Lipinski definition) is 1. The molecular formula is C9H15NO. The molecule has 11 heavy (non-hydrogen) atoms. The quantitative estimate of drug-likeness (QED) is 0.609. The highest BCUT2D eigenvalue weighted by molar-refractivity contribution is 5.87. The predicted octanol–water partition coefficient (Wildman–Crippen LogP) is 1.48. The van der Waals surface area contributed by atoms with Gasteiger partial charge in [-0.15, -0.1) is 0 Å². The van der Waals surface area contributed by atoms with Crippen LogP contribution in [0, 0.1) is 5.92 Å². The number of carbonyl (C=O) groups is 1. The maximum absolute atomic E-state index is 10.9. The lowest BCUT2D eigenvalue weighted by Gasteiger charge is -1.97. The molecular weight excluding hydrogens is 138 g/mol. The Kier molecular flexibility index (Phi) is 3.14. The fraction of sp³-hybridized carbons (Fsp3) is 0.667. The lowest BCUT2D eigenvalue weighted by molar-refractivity contribution is -0.116. The molecule has 62 valence electrons. The van der Waals surface area contributed by atoms with Crippen LogP contribution in [0.1, 0.15) is 26.2 Å². The molecule has 1 aliphatic carbocycles. The molecule has 1 saturated carbocycles. The minimum Gasteiger partial charge on any atom is -0.352 e. The summed E-state index contributed by atoms with van der Waals surface area (Å²) in [5.74, 6) is 0.827. The third kappa shape index (κ3) is 3.81. The van der Waals surface area contributed by atoms with Crippen molar-refractivity contribution in [3.8, 4) is 0 Å². The minimum absolute atomic E-state index is 0.0544. The van der Waals surface area contributed by atoms with E-state index < -0.39 is 0 Å². The Hall–Kier alpha value is -0.790. The zero-order chi connectivity index (χ0) is 8.10. The van der Waals surface area contributed by atoms with Gasteiger partial charge in [-0.05, 0) is 31.3 Å². The maximum atomic E-state index is 10.9. The van der Waals surface area contributed by atoms with E-state index in [4.69, 9.17) is 0 Å². The molecule has 1 aliphatic rings. The molecule has 0 radical (unpaired) electrons. The molecule has 0 unspecified atom stereocenters. The highest BCUT2D eigenvalue weighted by Crippen LogP contribution is 2.27. The number of carbonyl (C=O) groups excluding carboxylic acids is 1. The van der Waals surface area contributed by atoms with Crippen LogP contribution in [0.5, 0.6) is 0 Å². The highest BCUT2D eigenvalue weighted by atomic mass is 16.1. The number of hydrogen-bond donors (Lipinski definition) is 1. The minimum atomic E-state index is 0.0544. The molecule has 1 rings (SSSR count). The first-order chi connectivity index (χ1) is 5.33. The van der Waals surface area contributed by atoms with Gasteiger partial charge in [0.1, 0.15) is 0 Å². The third-order valence-corrected chi connectivity index (χ3v) is 1.77. The summed E-state index contributed by atoms with van der Waals surface area (Å²) in [6, 6.07) is 0. The SMILES string of the molecule is CC/C=C/C(=O)NCC1CC1. The van der Waals surface area contributed by atoms with Gasteiger partial charge in [0.05, 0.1) is 0 Å². The molecule has 0 saturated heterocycles. The van der Waals surface area contributed by atoms with Gasteiger partial charge in [-0.25, -0.2) is 0 Å². The first kappa shape index (κ1) is 8.31. The van der Waals surface area contributed by atoms with Crippen LogP contribution in [0.15, 0.2) is 12.2 Å². The molecule has 2 nitrogen and oxygen atoms in total. The molecule has 2 heteroatoms. The first-order valence-electron chi connectivity index (χ1n) is 4.27. The predicted molar refractivity (Wildman–Crippen MR) is 45.2 cm³/mol. The summed E-state index contributed by atoms with van der Waals surface area (Å²) in [7, 11) is 0. The fourth-order valence-corrected chi connectivity index (χ4v) is 0.851. The Morgan fingerprint density at radius 1 is 1.64 bits per heavy atom.